The molecular weight excluding hydrogens is 449 g/mol. The summed E-state index contributed by atoms with van der Waals surface area (Å²) in [5.74, 6) is 0.266. The van der Waals surface area contributed by atoms with Gasteiger partial charge in [0.2, 0.25) is 0 Å². The second-order valence-corrected chi connectivity index (χ2v) is 10.3. The number of nitrogens with zero attached hydrogens (tertiary/aromatic N) is 1. The maximum absolute atomic E-state index is 13.1. The van der Waals surface area contributed by atoms with Gasteiger partial charge >= 0.3 is 5.97 Å². The van der Waals surface area contributed by atoms with E-state index in [4.69, 9.17) is 4.74 Å². The van der Waals surface area contributed by atoms with E-state index in [1.165, 1.54) is 11.3 Å². The van der Waals surface area contributed by atoms with E-state index in [2.05, 4.69) is 67.3 Å². The summed E-state index contributed by atoms with van der Waals surface area (Å²) < 4.78 is 18.6. The van der Waals surface area contributed by atoms with Gasteiger partial charge in [0, 0.05) is 24.7 Å². The number of anilines is 1. The third-order valence-electron chi connectivity index (χ3n) is 7.11. The van der Waals surface area contributed by atoms with Crippen LogP contribution in [0.3, 0.4) is 0 Å². The molecule has 2 atom stereocenters. The Labute approximate surface area is 215 Å². The van der Waals surface area contributed by atoms with Crippen LogP contribution in [0.1, 0.15) is 68.6 Å². The molecule has 4 rings (SSSR count). The van der Waals surface area contributed by atoms with Crippen LogP contribution in [0.25, 0.3) is 11.1 Å². The number of benzene rings is 3. The van der Waals surface area contributed by atoms with Gasteiger partial charge in [-0.05, 0) is 72.1 Å². The molecule has 1 saturated heterocycles. The molecule has 0 bridgehead atoms. The Kier molecular flexibility index (Phi) is 8.79. The molecule has 0 spiro atoms. The molecule has 3 aromatic rings. The molecular formula is C32H38FNO2. The second-order valence-electron chi connectivity index (χ2n) is 10.3. The zero-order valence-corrected chi connectivity index (χ0v) is 21.8. The van der Waals surface area contributed by atoms with Crippen molar-refractivity contribution in [3.8, 4) is 11.1 Å². The van der Waals surface area contributed by atoms with Crippen molar-refractivity contribution in [2.75, 3.05) is 24.6 Å². The lowest BCUT2D eigenvalue weighted by molar-refractivity contribution is -0.145. The van der Waals surface area contributed by atoms with Crippen LogP contribution in [0.2, 0.25) is 0 Å². The number of ether oxygens (including phenoxy) is 1. The van der Waals surface area contributed by atoms with Gasteiger partial charge in [-0.3, -0.25) is 4.79 Å². The smallest absolute Gasteiger partial charge is 0.313 e. The van der Waals surface area contributed by atoms with Crippen LogP contribution >= 0.6 is 0 Å². The maximum atomic E-state index is 13.1. The number of rotatable bonds is 9. The molecule has 0 N–H and O–H groups in total. The molecule has 1 aliphatic heterocycles. The quantitative estimate of drug-likeness (QED) is 0.287. The molecule has 0 saturated carbocycles. The van der Waals surface area contributed by atoms with E-state index in [9.17, 15) is 9.18 Å². The molecule has 0 amide bonds. The third-order valence-corrected chi connectivity index (χ3v) is 7.11. The van der Waals surface area contributed by atoms with Gasteiger partial charge < -0.3 is 9.64 Å². The lowest BCUT2D eigenvalue weighted by atomic mass is 9.83. The topological polar surface area (TPSA) is 29.5 Å². The molecule has 36 heavy (non-hydrogen) atoms. The van der Waals surface area contributed by atoms with Gasteiger partial charge in [0.05, 0.1) is 12.5 Å². The molecule has 2 unspecified atom stereocenters. The summed E-state index contributed by atoms with van der Waals surface area (Å²) in [6.07, 6.45) is 2.97. The molecule has 0 aliphatic carbocycles. The van der Waals surface area contributed by atoms with Crippen LogP contribution in [-0.2, 0) is 16.2 Å². The van der Waals surface area contributed by atoms with Crippen LogP contribution in [0.4, 0.5) is 10.1 Å². The van der Waals surface area contributed by atoms with E-state index in [1.807, 2.05) is 31.2 Å². The van der Waals surface area contributed by atoms with E-state index >= 15 is 0 Å². The number of hydrogen-bond acceptors (Lipinski definition) is 3. The first-order valence-corrected chi connectivity index (χ1v) is 13.2. The largest absolute Gasteiger partial charge is 0.466 e. The Bertz CT molecular complexity index is 1130. The SMILES string of the molecule is CCOC(=O)C(CC(C)C)c1cc(-c2ccc(CF)cc2)cc(C2CCCN(c3ccccc3)C2)c1. The normalized spacial score (nSPS) is 16.7. The van der Waals surface area contributed by atoms with Crippen LogP contribution < -0.4 is 4.90 Å². The monoisotopic (exact) mass is 487 g/mol. The summed E-state index contributed by atoms with van der Waals surface area (Å²) in [7, 11) is 0. The van der Waals surface area contributed by atoms with Crippen LogP contribution in [0.5, 0.6) is 0 Å². The van der Waals surface area contributed by atoms with Crippen LogP contribution in [0, 0.1) is 5.92 Å². The number of para-hydroxylation sites is 1. The summed E-state index contributed by atoms with van der Waals surface area (Å²) in [5, 5.41) is 0. The number of carbonyl (C=O) groups excluding carboxylic acids is 1. The summed E-state index contributed by atoms with van der Waals surface area (Å²) in [6, 6.07) is 24.9. The molecule has 1 heterocycles. The minimum atomic E-state index is -0.470. The van der Waals surface area contributed by atoms with Crippen molar-refractivity contribution >= 4 is 11.7 Å². The highest BCUT2D eigenvalue weighted by atomic mass is 19.1. The van der Waals surface area contributed by atoms with Gasteiger partial charge in [0.1, 0.15) is 6.67 Å². The molecule has 4 heteroatoms. The number of carbonyl (C=O) groups is 1. The molecule has 190 valence electrons. The van der Waals surface area contributed by atoms with E-state index < -0.39 is 6.67 Å². The van der Waals surface area contributed by atoms with Crippen molar-refractivity contribution < 1.29 is 13.9 Å². The Balaban J connectivity index is 1.74. The second kappa shape index (κ2) is 12.2. The van der Waals surface area contributed by atoms with Gasteiger partial charge in [-0.1, -0.05) is 74.5 Å². The number of halogens is 1. The maximum Gasteiger partial charge on any atom is 0.313 e. The summed E-state index contributed by atoms with van der Waals surface area (Å²) in [5.41, 5.74) is 6.31. The van der Waals surface area contributed by atoms with E-state index in [0.717, 1.165) is 49.0 Å². The molecule has 3 nitrogen and oxygen atoms in total. The highest BCUT2D eigenvalue weighted by Gasteiger charge is 2.27. The summed E-state index contributed by atoms with van der Waals surface area (Å²) in [6.45, 7) is 8.05. The predicted octanol–water partition coefficient (Wildman–Crippen LogP) is 7.90. The lowest BCUT2D eigenvalue weighted by Gasteiger charge is -2.35. The van der Waals surface area contributed by atoms with Crippen molar-refractivity contribution in [1.29, 1.82) is 0 Å². The van der Waals surface area contributed by atoms with Crippen molar-refractivity contribution in [3.63, 3.8) is 0 Å². The highest BCUT2D eigenvalue weighted by Crippen LogP contribution is 2.36. The Hall–Kier alpha value is -3.14. The third kappa shape index (κ3) is 6.34. The first kappa shape index (κ1) is 25.9. The number of hydrogen-bond donors (Lipinski definition) is 0. The fourth-order valence-corrected chi connectivity index (χ4v) is 5.27. The van der Waals surface area contributed by atoms with Gasteiger partial charge in [0.15, 0.2) is 0 Å². The summed E-state index contributed by atoms with van der Waals surface area (Å²) in [4.78, 5) is 15.5. The number of alkyl halides is 1. The standard InChI is InChI=1S/C32H38FNO2/c1-4-36-32(35)31(17-23(2)3)29-19-27(25-14-12-24(21-33)13-15-25)18-28(20-29)26-9-8-16-34(22-26)30-10-6-5-7-11-30/h5-7,10-15,18-20,23,26,31H,4,8-9,16-17,21-22H2,1-3H3. The van der Waals surface area contributed by atoms with Crippen molar-refractivity contribution in [3.05, 3.63) is 89.5 Å². The Morgan fingerprint density at radius 1 is 1.03 bits per heavy atom. The zero-order chi connectivity index (χ0) is 25.5. The van der Waals surface area contributed by atoms with Crippen LogP contribution in [0.15, 0.2) is 72.8 Å². The average molecular weight is 488 g/mol. The van der Waals surface area contributed by atoms with Gasteiger partial charge in [-0.2, -0.15) is 0 Å². The van der Waals surface area contributed by atoms with E-state index in [1.54, 1.807) is 0 Å². The fourth-order valence-electron chi connectivity index (χ4n) is 5.27. The first-order valence-electron chi connectivity index (χ1n) is 13.2. The number of esters is 1. The van der Waals surface area contributed by atoms with Crippen molar-refractivity contribution in [1.82, 2.24) is 0 Å². The summed E-state index contributed by atoms with van der Waals surface area (Å²) >= 11 is 0. The number of piperidine rings is 1. The van der Waals surface area contributed by atoms with E-state index in [0.29, 0.717) is 24.0 Å². The van der Waals surface area contributed by atoms with Crippen LogP contribution in [-0.4, -0.2) is 25.7 Å². The Morgan fingerprint density at radius 3 is 2.44 bits per heavy atom. The minimum Gasteiger partial charge on any atom is -0.466 e. The lowest BCUT2D eigenvalue weighted by Crippen LogP contribution is -2.34. The molecule has 0 aromatic heterocycles. The minimum absolute atomic E-state index is 0.156. The Morgan fingerprint density at radius 2 is 1.78 bits per heavy atom. The highest BCUT2D eigenvalue weighted by molar-refractivity contribution is 5.79. The average Bonchev–Trinajstić information content (AvgIpc) is 2.92. The predicted molar refractivity (Wildman–Crippen MR) is 146 cm³/mol. The zero-order valence-electron chi connectivity index (χ0n) is 21.8. The van der Waals surface area contributed by atoms with Gasteiger partial charge in [0.25, 0.3) is 0 Å². The molecule has 1 fully saturated rings. The van der Waals surface area contributed by atoms with Gasteiger partial charge in [-0.25, -0.2) is 4.39 Å². The van der Waals surface area contributed by atoms with Crippen molar-refractivity contribution in [2.45, 2.75) is 58.5 Å². The van der Waals surface area contributed by atoms with Crippen molar-refractivity contribution in [2.24, 2.45) is 5.92 Å². The van der Waals surface area contributed by atoms with E-state index in [-0.39, 0.29) is 11.9 Å². The fraction of sp³-hybridized carbons (Fsp3) is 0.406. The van der Waals surface area contributed by atoms with Gasteiger partial charge in [-0.15, -0.1) is 0 Å². The molecule has 1 aliphatic rings. The molecule has 0 radical (unpaired) electrons. The first-order chi connectivity index (χ1) is 17.5. The molecule has 3 aromatic carbocycles.